The number of ketones is 1. The first-order valence-electron chi connectivity index (χ1n) is 9.76. The van der Waals surface area contributed by atoms with Crippen molar-refractivity contribution in [2.75, 3.05) is 6.54 Å². The fourth-order valence-corrected chi connectivity index (χ4v) is 3.61. The van der Waals surface area contributed by atoms with Gasteiger partial charge in [0.25, 0.3) is 5.91 Å². The summed E-state index contributed by atoms with van der Waals surface area (Å²) in [5, 5.41) is 6.94. The standard InChI is InChI=1S/C20H30N2O3/c1-12(2)11-21-20(24)17-18(22-25-19(17)15-8-9-15)16(23)10-14-6-4-13(3)5-7-14/h12-15H,4-11H2,1-3H3,(H,21,24). The number of Topliss-reactive ketones (excluding diaryl/α,β-unsaturated/α-hetero) is 1. The molecule has 0 atom stereocenters. The van der Waals surface area contributed by atoms with Gasteiger partial charge in [-0.25, -0.2) is 0 Å². The Hall–Kier alpha value is -1.65. The molecule has 0 saturated heterocycles. The van der Waals surface area contributed by atoms with E-state index in [1.54, 1.807) is 0 Å². The van der Waals surface area contributed by atoms with Gasteiger partial charge < -0.3 is 9.84 Å². The van der Waals surface area contributed by atoms with Gasteiger partial charge in [0.2, 0.25) is 0 Å². The highest BCUT2D eigenvalue weighted by Crippen LogP contribution is 2.43. The van der Waals surface area contributed by atoms with Crippen LogP contribution in [0.3, 0.4) is 0 Å². The molecule has 1 amide bonds. The summed E-state index contributed by atoms with van der Waals surface area (Å²) in [7, 11) is 0. The van der Waals surface area contributed by atoms with Crippen LogP contribution in [0.5, 0.6) is 0 Å². The smallest absolute Gasteiger partial charge is 0.257 e. The number of rotatable bonds is 7. The van der Waals surface area contributed by atoms with Crippen molar-refractivity contribution in [3.05, 3.63) is 17.0 Å². The largest absolute Gasteiger partial charge is 0.359 e. The molecule has 1 N–H and O–H groups in total. The van der Waals surface area contributed by atoms with Gasteiger partial charge in [-0.1, -0.05) is 38.8 Å². The Kier molecular flexibility index (Phi) is 5.60. The van der Waals surface area contributed by atoms with Crippen LogP contribution in [0, 0.1) is 17.8 Å². The Labute approximate surface area is 149 Å². The molecule has 25 heavy (non-hydrogen) atoms. The molecule has 2 aliphatic carbocycles. The van der Waals surface area contributed by atoms with Crippen molar-refractivity contribution >= 4 is 11.7 Å². The van der Waals surface area contributed by atoms with Gasteiger partial charge in [-0.2, -0.15) is 0 Å². The number of nitrogens with one attached hydrogen (secondary N) is 1. The van der Waals surface area contributed by atoms with Crippen molar-refractivity contribution in [2.45, 2.75) is 71.6 Å². The van der Waals surface area contributed by atoms with Crippen molar-refractivity contribution in [3.63, 3.8) is 0 Å². The van der Waals surface area contributed by atoms with Crippen LogP contribution in [-0.4, -0.2) is 23.4 Å². The number of hydrogen-bond donors (Lipinski definition) is 1. The van der Waals surface area contributed by atoms with Crippen LogP contribution >= 0.6 is 0 Å². The Morgan fingerprint density at radius 1 is 1.16 bits per heavy atom. The van der Waals surface area contributed by atoms with Crippen LogP contribution in [0.2, 0.25) is 0 Å². The van der Waals surface area contributed by atoms with E-state index in [9.17, 15) is 9.59 Å². The predicted octanol–water partition coefficient (Wildman–Crippen LogP) is 4.34. The molecular weight excluding hydrogens is 316 g/mol. The van der Waals surface area contributed by atoms with Crippen LogP contribution in [0.1, 0.15) is 98.2 Å². The van der Waals surface area contributed by atoms with E-state index in [4.69, 9.17) is 4.52 Å². The molecule has 5 heteroatoms. The van der Waals surface area contributed by atoms with E-state index in [1.807, 2.05) is 13.8 Å². The average molecular weight is 346 g/mol. The zero-order valence-electron chi connectivity index (χ0n) is 15.6. The molecule has 1 aromatic heterocycles. The molecule has 0 unspecified atom stereocenters. The molecule has 0 aliphatic heterocycles. The van der Waals surface area contributed by atoms with Crippen LogP contribution in [0.4, 0.5) is 0 Å². The van der Waals surface area contributed by atoms with Gasteiger partial charge in [0.15, 0.2) is 17.2 Å². The molecule has 1 heterocycles. The van der Waals surface area contributed by atoms with E-state index < -0.39 is 0 Å². The van der Waals surface area contributed by atoms with Crippen LogP contribution < -0.4 is 5.32 Å². The topological polar surface area (TPSA) is 72.2 Å². The predicted molar refractivity (Wildman–Crippen MR) is 95.7 cm³/mol. The molecule has 2 aliphatic rings. The number of aromatic nitrogens is 1. The summed E-state index contributed by atoms with van der Waals surface area (Å²) in [6, 6.07) is 0. The van der Waals surface area contributed by atoms with E-state index in [-0.39, 0.29) is 23.3 Å². The molecule has 0 spiro atoms. The lowest BCUT2D eigenvalue weighted by atomic mass is 9.80. The molecule has 138 valence electrons. The number of amides is 1. The summed E-state index contributed by atoms with van der Waals surface area (Å²) in [4.78, 5) is 25.5. The molecule has 0 radical (unpaired) electrons. The van der Waals surface area contributed by atoms with Gasteiger partial charge in [0, 0.05) is 18.9 Å². The first kappa shape index (κ1) is 18.2. The van der Waals surface area contributed by atoms with Crippen molar-refractivity contribution in [1.29, 1.82) is 0 Å². The van der Waals surface area contributed by atoms with Gasteiger partial charge >= 0.3 is 0 Å². The summed E-state index contributed by atoms with van der Waals surface area (Å²) < 4.78 is 5.44. The lowest BCUT2D eigenvalue weighted by molar-refractivity contribution is 0.0908. The zero-order chi connectivity index (χ0) is 18.0. The molecule has 5 nitrogen and oxygen atoms in total. The Morgan fingerprint density at radius 3 is 2.44 bits per heavy atom. The highest BCUT2D eigenvalue weighted by molar-refractivity contribution is 6.07. The zero-order valence-corrected chi connectivity index (χ0v) is 15.6. The summed E-state index contributed by atoms with van der Waals surface area (Å²) in [5.41, 5.74) is 0.652. The lowest BCUT2D eigenvalue weighted by Gasteiger charge is -2.25. The quantitative estimate of drug-likeness (QED) is 0.746. The number of carbonyl (C=O) groups is 2. The van der Waals surface area contributed by atoms with E-state index >= 15 is 0 Å². The molecule has 0 aromatic carbocycles. The van der Waals surface area contributed by atoms with E-state index in [2.05, 4.69) is 17.4 Å². The Bertz CT molecular complexity index is 623. The molecule has 0 bridgehead atoms. The minimum absolute atomic E-state index is 0.0371. The highest BCUT2D eigenvalue weighted by Gasteiger charge is 2.37. The average Bonchev–Trinajstić information content (AvgIpc) is 3.32. The van der Waals surface area contributed by atoms with E-state index in [0.29, 0.717) is 36.1 Å². The number of carbonyl (C=O) groups excluding carboxylic acids is 2. The maximum atomic E-state index is 12.8. The third kappa shape index (κ3) is 4.50. The summed E-state index contributed by atoms with van der Waals surface area (Å²) in [6.45, 7) is 6.95. The van der Waals surface area contributed by atoms with Crippen molar-refractivity contribution < 1.29 is 14.1 Å². The SMILES string of the molecule is CC(C)CNC(=O)c1c(C(=O)CC2CCC(C)CC2)noc1C1CC1. The number of hydrogen-bond acceptors (Lipinski definition) is 4. The lowest BCUT2D eigenvalue weighted by Crippen LogP contribution is -2.29. The number of nitrogens with zero attached hydrogens (tertiary/aromatic N) is 1. The first-order chi connectivity index (χ1) is 12.0. The molecule has 1 aromatic rings. The molecule has 2 fully saturated rings. The molecule has 3 rings (SSSR count). The van der Waals surface area contributed by atoms with Crippen molar-refractivity contribution in [3.8, 4) is 0 Å². The summed E-state index contributed by atoms with van der Waals surface area (Å²) >= 11 is 0. The van der Waals surface area contributed by atoms with Gasteiger partial charge in [-0.15, -0.1) is 0 Å². The van der Waals surface area contributed by atoms with Gasteiger partial charge in [-0.3, -0.25) is 9.59 Å². The third-order valence-electron chi connectivity index (χ3n) is 5.44. The minimum Gasteiger partial charge on any atom is -0.359 e. The second-order valence-electron chi connectivity index (χ2n) is 8.40. The maximum absolute atomic E-state index is 12.8. The molecule has 2 saturated carbocycles. The summed E-state index contributed by atoms with van der Waals surface area (Å²) in [6.07, 6.45) is 7.05. The fourth-order valence-electron chi connectivity index (χ4n) is 3.61. The third-order valence-corrected chi connectivity index (χ3v) is 5.44. The van der Waals surface area contributed by atoms with Gasteiger partial charge in [-0.05, 0) is 43.4 Å². The highest BCUT2D eigenvalue weighted by atomic mass is 16.5. The van der Waals surface area contributed by atoms with Gasteiger partial charge in [0.05, 0.1) is 0 Å². The minimum atomic E-state index is -0.211. The Morgan fingerprint density at radius 2 is 1.84 bits per heavy atom. The monoisotopic (exact) mass is 346 g/mol. The van der Waals surface area contributed by atoms with E-state index in [0.717, 1.165) is 31.6 Å². The van der Waals surface area contributed by atoms with Crippen molar-refractivity contribution in [1.82, 2.24) is 10.5 Å². The van der Waals surface area contributed by atoms with Crippen LogP contribution in [-0.2, 0) is 0 Å². The second kappa shape index (κ2) is 7.71. The normalized spacial score (nSPS) is 23.7. The first-order valence-corrected chi connectivity index (χ1v) is 9.76. The maximum Gasteiger partial charge on any atom is 0.257 e. The fraction of sp³-hybridized carbons (Fsp3) is 0.750. The second-order valence-corrected chi connectivity index (χ2v) is 8.40. The van der Waals surface area contributed by atoms with E-state index in [1.165, 1.54) is 12.8 Å². The van der Waals surface area contributed by atoms with Crippen molar-refractivity contribution in [2.24, 2.45) is 17.8 Å². The van der Waals surface area contributed by atoms with Crippen LogP contribution in [0.25, 0.3) is 0 Å². The summed E-state index contributed by atoms with van der Waals surface area (Å²) in [5.74, 6) is 2.15. The molecular formula is C20H30N2O3. The Balaban J connectivity index is 1.73. The van der Waals surface area contributed by atoms with Gasteiger partial charge in [0.1, 0.15) is 5.56 Å². The van der Waals surface area contributed by atoms with Crippen LogP contribution in [0.15, 0.2) is 4.52 Å².